The van der Waals surface area contributed by atoms with E-state index in [1.165, 1.54) is 0 Å². The van der Waals surface area contributed by atoms with E-state index in [2.05, 4.69) is 15.1 Å². The fraction of sp³-hybridized carbons (Fsp3) is 0.667. The Morgan fingerprint density at radius 2 is 1.95 bits per heavy atom. The molecule has 1 amide bonds. The minimum Gasteiger partial charge on any atom is -0.392 e. The summed E-state index contributed by atoms with van der Waals surface area (Å²) in [6.07, 6.45) is 0.471. The average molecular weight is 307 g/mol. The van der Waals surface area contributed by atoms with Crippen molar-refractivity contribution in [2.45, 2.75) is 19.4 Å². The van der Waals surface area contributed by atoms with E-state index < -0.39 is 0 Å². The first kappa shape index (κ1) is 16.6. The molecule has 1 aliphatic heterocycles. The van der Waals surface area contributed by atoms with Crippen LogP contribution in [0.25, 0.3) is 0 Å². The van der Waals surface area contributed by atoms with Crippen LogP contribution in [-0.4, -0.2) is 83.9 Å². The number of carbonyl (C=O) groups excluding carboxylic acids is 1. The lowest BCUT2D eigenvalue weighted by atomic mass is 10.2. The Hall–Kier alpha value is -1.73. The largest absolute Gasteiger partial charge is 0.392 e. The minimum absolute atomic E-state index is 0.0755. The second-order valence-electron chi connectivity index (χ2n) is 5.83. The molecule has 0 saturated carbocycles. The van der Waals surface area contributed by atoms with Crippen LogP contribution in [0.5, 0.6) is 0 Å². The van der Waals surface area contributed by atoms with Gasteiger partial charge in [-0.15, -0.1) is 10.2 Å². The highest BCUT2D eigenvalue weighted by Gasteiger charge is 2.24. The van der Waals surface area contributed by atoms with Crippen molar-refractivity contribution in [3.05, 3.63) is 17.8 Å². The van der Waals surface area contributed by atoms with Gasteiger partial charge in [0.2, 0.25) is 0 Å². The number of piperazine rings is 1. The maximum atomic E-state index is 12.4. The van der Waals surface area contributed by atoms with Gasteiger partial charge in [-0.05, 0) is 18.6 Å². The van der Waals surface area contributed by atoms with Gasteiger partial charge in [0.15, 0.2) is 11.5 Å². The summed E-state index contributed by atoms with van der Waals surface area (Å²) in [6, 6.07) is 3.52. The van der Waals surface area contributed by atoms with Crippen LogP contribution >= 0.6 is 0 Å². The van der Waals surface area contributed by atoms with Gasteiger partial charge in [-0.25, -0.2) is 0 Å². The molecule has 7 nitrogen and oxygen atoms in total. The van der Waals surface area contributed by atoms with E-state index in [1.54, 1.807) is 17.0 Å². The molecule has 0 aliphatic carbocycles. The van der Waals surface area contributed by atoms with Crippen molar-refractivity contribution in [3.63, 3.8) is 0 Å². The zero-order chi connectivity index (χ0) is 16.1. The van der Waals surface area contributed by atoms with Gasteiger partial charge in [0.1, 0.15) is 0 Å². The molecule has 0 unspecified atom stereocenters. The van der Waals surface area contributed by atoms with E-state index in [9.17, 15) is 9.90 Å². The third kappa shape index (κ3) is 4.14. The van der Waals surface area contributed by atoms with E-state index >= 15 is 0 Å². The van der Waals surface area contributed by atoms with Crippen LogP contribution in [0.2, 0.25) is 0 Å². The second kappa shape index (κ2) is 7.51. The van der Waals surface area contributed by atoms with E-state index in [0.717, 1.165) is 25.3 Å². The first-order valence-corrected chi connectivity index (χ1v) is 7.72. The Bertz CT molecular complexity index is 483. The number of anilines is 1. The van der Waals surface area contributed by atoms with Gasteiger partial charge in [-0.3, -0.25) is 9.69 Å². The highest BCUT2D eigenvalue weighted by molar-refractivity contribution is 5.92. The SMILES string of the molecule is CC[C@@H](O)CN1CCN(C(=O)c2ccc(N(C)C)nn2)CC1. The van der Waals surface area contributed by atoms with Gasteiger partial charge in [-0.1, -0.05) is 6.92 Å². The van der Waals surface area contributed by atoms with Crippen LogP contribution in [0.3, 0.4) is 0 Å². The first-order valence-electron chi connectivity index (χ1n) is 7.72. The van der Waals surface area contributed by atoms with Crippen molar-refractivity contribution in [2.75, 3.05) is 51.7 Å². The van der Waals surface area contributed by atoms with Gasteiger partial charge in [-0.2, -0.15) is 0 Å². The number of hydrogen-bond donors (Lipinski definition) is 1. The van der Waals surface area contributed by atoms with E-state index in [-0.39, 0.29) is 12.0 Å². The van der Waals surface area contributed by atoms with Crippen LogP contribution in [0.15, 0.2) is 12.1 Å². The lowest BCUT2D eigenvalue weighted by Crippen LogP contribution is -2.50. The Morgan fingerprint density at radius 3 is 2.45 bits per heavy atom. The van der Waals surface area contributed by atoms with Gasteiger partial charge in [0.05, 0.1) is 6.10 Å². The summed E-state index contributed by atoms with van der Waals surface area (Å²) in [5.74, 6) is 0.656. The fourth-order valence-corrected chi connectivity index (χ4v) is 2.40. The van der Waals surface area contributed by atoms with Crippen LogP contribution in [-0.2, 0) is 0 Å². The number of carbonyl (C=O) groups is 1. The predicted molar refractivity (Wildman–Crippen MR) is 85.0 cm³/mol. The van der Waals surface area contributed by atoms with Crippen molar-refractivity contribution in [2.24, 2.45) is 0 Å². The first-order chi connectivity index (χ1) is 10.5. The van der Waals surface area contributed by atoms with Crippen LogP contribution < -0.4 is 4.90 Å². The highest BCUT2D eigenvalue weighted by atomic mass is 16.3. The van der Waals surface area contributed by atoms with E-state index in [4.69, 9.17) is 0 Å². The average Bonchev–Trinajstić information content (AvgIpc) is 2.55. The maximum absolute atomic E-state index is 12.4. The summed E-state index contributed by atoms with van der Waals surface area (Å²) in [5.41, 5.74) is 0.382. The normalized spacial score (nSPS) is 17.4. The molecule has 1 saturated heterocycles. The monoisotopic (exact) mass is 307 g/mol. The fourth-order valence-electron chi connectivity index (χ4n) is 2.40. The molecule has 1 aromatic rings. The van der Waals surface area contributed by atoms with Gasteiger partial charge in [0.25, 0.3) is 5.91 Å². The second-order valence-corrected chi connectivity index (χ2v) is 5.83. The molecule has 1 aliphatic rings. The minimum atomic E-state index is -0.285. The number of aliphatic hydroxyl groups is 1. The number of β-amino-alcohol motifs (C(OH)–C–C–N with tert-alkyl or cyclic N) is 1. The number of nitrogens with zero attached hydrogens (tertiary/aromatic N) is 5. The van der Waals surface area contributed by atoms with Gasteiger partial charge < -0.3 is 14.9 Å². The van der Waals surface area contributed by atoms with Crippen LogP contribution in [0.1, 0.15) is 23.8 Å². The Morgan fingerprint density at radius 1 is 1.27 bits per heavy atom. The maximum Gasteiger partial charge on any atom is 0.274 e. The zero-order valence-electron chi connectivity index (χ0n) is 13.6. The summed E-state index contributed by atoms with van der Waals surface area (Å²) in [5, 5.41) is 17.8. The van der Waals surface area contributed by atoms with Crippen molar-refractivity contribution in [3.8, 4) is 0 Å². The smallest absolute Gasteiger partial charge is 0.274 e. The highest BCUT2D eigenvalue weighted by Crippen LogP contribution is 2.10. The summed E-state index contributed by atoms with van der Waals surface area (Å²) in [4.78, 5) is 18.2. The molecule has 1 fully saturated rings. The molecule has 122 valence electrons. The molecular formula is C15H25N5O2. The Balaban J connectivity index is 1.89. The number of aromatic nitrogens is 2. The molecule has 22 heavy (non-hydrogen) atoms. The third-order valence-corrected chi connectivity index (χ3v) is 3.93. The standard InChI is InChI=1S/C15H25N5O2/c1-4-12(21)11-19-7-9-20(10-8-19)15(22)13-5-6-14(17-16-13)18(2)3/h5-6,12,21H,4,7-11H2,1-3H3/t12-/m1/s1. The molecule has 0 spiro atoms. The molecular weight excluding hydrogens is 282 g/mol. The molecule has 0 radical (unpaired) electrons. The third-order valence-electron chi connectivity index (χ3n) is 3.93. The Kier molecular flexibility index (Phi) is 5.68. The summed E-state index contributed by atoms with van der Waals surface area (Å²) < 4.78 is 0. The molecule has 0 bridgehead atoms. The lowest BCUT2D eigenvalue weighted by Gasteiger charge is -2.35. The molecule has 1 atom stereocenters. The van der Waals surface area contributed by atoms with Crippen molar-refractivity contribution in [1.29, 1.82) is 0 Å². The molecule has 1 aromatic heterocycles. The molecule has 2 rings (SSSR count). The summed E-state index contributed by atoms with van der Waals surface area (Å²) in [6.45, 7) is 5.53. The molecule has 0 aromatic carbocycles. The summed E-state index contributed by atoms with van der Waals surface area (Å²) in [7, 11) is 3.77. The predicted octanol–water partition coefficient (Wildman–Crippen LogP) is 0.0713. The van der Waals surface area contributed by atoms with Crippen LogP contribution in [0.4, 0.5) is 5.82 Å². The van der Waals surface area contributed by atoms with Gasteiger partial charge >= 0.3 is 0 Å². The number of hydrogen-bond acceptors (Lipinski definition) is 6. The van der Waals surface area contributed by atoms with Gasteiger partial charge in [0, 0.05) is 46.8 Å². The Labute approximate surface area is 131 Å². The topological polar surface area (TPSA) is 72.8 Å². The van der Waals surface area contributed by atoms with Crippen molar-refractivity contribution < 1.29 is 9.90 Å². The van der Waals surface area contributed by atoms with Crippen LogP contribution in [0, 0.1) is 0 Å². The van der Waals surface area contributed by atoms with E-state index in [0.29, 0.717) is 25.3 Å². The molecule has 2 heterocycles. The van der Waals surface area contributed by atoms with Crippen molar-refractivity contribution in [1.82, 2.24) is 20.0 Å². The van der Waals surface area contributed by atoms with E-state index in [1.807, 2.05) is 25.9 Å². The molecule has 7 heteroatoms. The quantitative estimate of drug-likeness (QED) is 0.830. The summed E-state index contributed by atoms with van der Waals surface area (Å²) >= 11 is 0. The van der Waals surface area contributed by atoms with Crippen molar-refractivity contribution >= 4 is 11.7 Å². The number of amides is 1. The zero-order valence-corrected chi connectivity index (χ0v) is 13.6. The lowest BCUT2D eigenvalue weighted by molar-refractivity contribution is 0.0518. The molecule has 1 N–H and O–H groups in total. The number of aliphatic hydroxyl groups excluding tert-OH is 1. The number of rotatable bonds is 5.